The van der Waals surface area contributed by atoms with Crippen LogP contribution in [0.1, 0.15) is 13.8 Å². The van der Waals surface area contributed by atoms with Crippen molar-refractivity contribution >= 4 is 11.7 Å². The van der Waals surface area contributed by atoms with E-state index in [-0.39, 0.29) is 6.03 Å². The number of benzene rings is 1. The topological polar surface area (TPSA) is 38.8 Å². The predicted molar refractivity (Wildman–Crippen MR) is 91.4 cm³/mol. The number of hydrogen-bond donors (Lipinski definition) is 1. The van der Waals surface area contributed by atoms with Crippen molar-refractivity contribution in [2.75, 3.05) is 57.3 Å². The number of hydrogen-bond acceptors (Lipinski definition) is 3. The molecular weight excluding hydrogens is 276 g/mol. The zero-order chi connectivity index (χ0) is 15.8. The summed E-state index contributed by atoms with van der Waals surface area (Å²) in [6.07, 6.45) is 0. The van der Waals surface area contributed by atoms with Crippen LogP contribution in [-0.2, 0) is 0 Å². The van der Waals surface area contributed by atoms with Crippen LogP contribution >= 0.6 is 0 Å². The smallest absolute Gasteiger partial charge is 0.317 e. The number of urea groups is 1. The van der Waals surface area contributed by atoms with Gasteiger partial charge in [0.1, 0.15) is 0 Å². The molecule has 1 heterocycles. The number of carbonyl (C=O) groups is 1. The van der Waals surface area contributed by atoms with E-state index in [1.54, 1.807) is 0 Å². The van der Waals surface area contributed by atoms with Crippen LogP contribution < -0.4 is 10.2 Å². The molecule has 0 atom stereocenters. The first-order chi connectivity index (χ1) is 10.7. The zero-order valence-corrected chi connectivity index (χ0v) is 13.8. The SMILES string of the molecule is CCN(CC)CCNC(=O)N1CCN(c2ccccc2)CC1. The Morgan fingerprint density at radius 2 is 1.73 bits per heavy atom. The second kappa shape index (κ2) is 8.63. The zero-order valence-electron chi connectivity index (χ0n) is 13.8. The second-order valence-electron chi connectivity index (χ2n) is 5.57. The fourth-order valence-corrected chi connectivity index (χ4v) is 2.78. The summed E-state index contributed by atoms with van der Waals surface area (Å²) in [6, 6.07) is 10.5. The molecule has 5 heteroatoms. The van der Waals surface area contributed by atoms with E-state index in [1.165, 1.54) is 5.69 Å². The molecular formula is C17H28N4O. The van der Waals surface area contributed by atoms with E-state index in [4.69, 9.17) is 0 Å². The van der Waals surface area contributed by atoms with E-state index < -0.39 is 0 Å². The average molecular weight is 304 g/mol. The van der Waals surface area contributed by atoms with Crippen molar-refractivity contribution in [2.45, 2.75) is 13.8 Å². The van der Waals surface area contributed by atoms with Crippen molar-refractivity contribution in [2.24, 2.45) is 0 Å². The van der Waals surface area contributed by atoms with Crippen molar-refractivity contribution in [1.82, 2.24) is 15.1 Å². The van der Waals surface area contributed by atoms with Gasteiger partial charge in [-0.05, 0) is 25.2 Å². The van der Waals surface area contributed by atoms with Crippen molar-refractivity contribution in [1.29, 1.82) is 0 Å². The monoisotopic (exact) mass is 304 g/mol. The number of para-hydroxylation sites is 1. The van der Waals surface area contributed by atoms with E-state index in [0.717, 1.165) is 52.4 Å². The molecule has 1 aromatic rings. The van der Waals surface area contributed by atoms with E-state index in [0.29, 0.717) is 0 Å². The summed E-state index contributed by atoms with van der Waals surface area (Å²) in [4.78, 5) is 18.7. The Hall–Kier alpha value is -1.75. The number of anilines is 1. The summed E-state index contributed by atoms with van der Waals surface area (Å²) in [5, 5.41) is 3.03. The highest BCUT2D eigenvalue weighted by Crippen LogP contribution is 2.15. The molecule has 0 radical (unpaired) electrons. The Bertz CT molecular complexity index is 439. The van der Waals surface area contributed by atoms with Gasteiger partial charge in [0.25, 0.3) is 0 Å². The molecule has 0 aliphatic carbocycles. The first kappa shape index (κ1) is 16.6. The number of carbonyl (C=O) groups excluding carboxylic acids is 1. The largest absolute Gasteiger partial charge is 0.368 e. The minimum Gasteiger partial charge on any atom is -0.368 e. The standard InChI is InChI=1S/C17H28N4O/c1-3-19(4-2)11-10-18-17(22)21-14-12-20(13-15-21)16-8-6-5-7-9-16/h5-9H,3-4,10-15H2,1-2H3,(H,18,22). The quantitative estimate of drug-likeness (QED) is 0.872. The lowest BCUT2D eigenvalue weighted by Gasteiger charge is -2.36. The Balaban J connectivity index is 1.71. The van der Waals surface area contributed by atoms with Crippen LogP contribution in [-0.4, -0.2) is 68.2 Å². The summed E-state index contributed by atoms with van der Waals surface area (Å²) in [5.74, 6) is 0. The van der Waals surface area contributed by atoms with Crippen LogP contribution in [0.25, 0.3) is 0 Å². The van der Waals surface area contributed by atoms with Gasteiger partial charge in [0.2, 0.25) is 0 Å². The molecule has 1 aliphatic heterocycles. The van der Waals surface area contributed by atoms with Gasteiger partial charge < -0.3 is 20.0 Å². The fraction of sp³-hybridized carbons (Fsp3) is 0.588. The summed E-state index contributed by atoms with van der Waals surface area (Å²) >= 11 is 0. The molecule has 1 saturated heterocycles. The van der Waals surface area contributed by atoms with Gasteiger partial charge in [-0.1, -0.05) is 32.0 Å². The van der Waals surface area contributed by atoms with Crippen molar-refractivity contribution in [3.8, 4) is 0 Å². The van der Waals surface area contributed by atoms with Crippen molar-refractivity contribution in [3.05, 3.63) is 30.3 Å². The van der Waals surface area contributed by atoms with E-state index in [9.17, 15) is 4.79 Å². The predicted octanol–water partition coefficient (Wildman–Crippen LogP) is 1.86. The molecule has 0 saturated carbocycles. The first-order valence-corrected chi connectivity index (χ1v) is 8.29. The Kier molecular flexibility index (Phi) is 6.52. The molecule has 0 bridgehead atoms. The maximum absolute atomic E-state index is 12.2. The molecule has 0 unspecified atom stereocenters. The minimum atomic E-state index is 0.0693. The Morgan fingerprint density at radius 1 is 1.09 bits per heavy atom. The number of rotatable bonds is 6. The van der Waals surface area contributed by atoms with Gasteiger partial charge in [0.05, 0.1) is 0 Å². The lowest BCUT2D eigenvalue weighted by atomic mass is 10.2. The number of amides is 2. The van der Waals surface area contributed by atoms with Crippen LogP contribution in [0, 0.1) is 0 Å². The second-order valence-corrected chi connectivity index (χ2v) is 5.57. The fourth-order valence-electron chi connectivity index (χ4n) is 2.78. The molecule has 2 amide bonds. The molecule has 1 N–H and O–H groups in total. The van der Waals surface area contributed by atoms with Crippen LogP contribution in [0.4, 0.5) is 10.5 Å². The number of nitrogens with one attached hydrogen (secondary N) is 1. The number of nitrogens with zero attached hydrogens (tertiary/aromatic N) is 3. The van der Waals surface area contributed by atoms with Crippen molar-refractivity contribution in [3.63, 3.8) is 0 Å². The highest BCUT2D eigenvalue weighted by atomic mass is 16.2. The van der Waals surface area contributed by atoms with E-state index in [1.807, 2.05) is 11.0 Å². The van der Waals surface area contributed by atoms with Gasteiger partial charge in [0, 0.05) is 45.0 Å². The molecule has 122 valence electrons. The van der Waals surface area contributed by atoms with Crippen LogP contribution in [0.2, 0.25) is 0 Å². The maximum atomic E-state index is 12.2. The Morgan fingerprint density at radius 3 is 2.32 bits per heavy atom. The molecule has 2 rings (SSSR count). The number of piperazine rings is 1. The van der Waals surface area contributed by atoms with Gasteiger partial charge in [-0.2, -0.15) is 0 Å². The lowest BCUT2D eigenvalue weighted by molar-refractivity contribution is 0.192. The molecule has 0 spiro atoms. The van der Waals surface area contributed by atoms with Gasteiger partial charge in [-0.25, -0.2) is 4.79 Å². The summed E-state index contributed by atoms with van der Waals surface area (Å²) in [6.45, 7) is 11.4. The number of likely N-dealkylation sites (N-methyl/N-ethyl adjacent to an activating group) is 1. The molecule has 5 nitrogen and oxygen atoms in total. The average Bonchev–Trinajstić information content (AvgIpc) is 2.59. The molecule has 1 aromatic carbocycles. The highest BCUT2D eigenvalue weighted by Gasteiger charge is 2.20. The third kappa shape index (κ3) is 4.63. The highest BCUT2D eigenvalue weighted by molar-refractivity contribution is 5.74. The third-order valence-electron chi connectivity index (χ3n) is 4.29. The first-order valence-electron chi connectivity index (χ1n) is 8.29. The normalized spacial score (nSPS) is 15.2. The van der Waals surface area contributed by atoms with Crippen molar-refractivity contribution < 1.29 is 4.79 Å². The minimum absolute atomic E-state index is 0.0693. The molecule has 1 aliphatic rings. The Labute approximate surface area is 133 Å². The molecule has 22 heavy (non-hydrogen) atoms. The van der Waals surface area contributed by atoms with Crippen LogP contribution in [0.3, 0.4) is 0 Å². The van der Waals surface area contributed by atoms with Gasteiger partial charge in [0.15, 0.2) is 0 Å². The summed E-state index contributed by atoms with van der Waals surface area (Å²) < 4.78 is 0. The summed E-state index contributed by atoms with van der Waals surface area (Å²) in [5.41, 5.74) is 1.24. The van der Waals surface area contributed by atoms with Crippen LogP contribution in [0.15, 0.2) is 30.3 Å². The molecule has 0 aromatic heterocycles. The van der Waals surface area contributed by atoms with Crippen LogP contribution in [0.5, 0.6) is 0 Å². The maximum Gasteiger partial charge on any atom is 0.317 e. The molecule has 1 fully saturated rings. The van der Waals surface area contributed by atoms with E-state index >= 15 is 0 Å². The van der Waals surface area contributed by atoms with E-state index in [2.05, 4.69) is 53.2 Å². The van der Waals surface area contributed by atoms with Gasteiger partial charge in [-0.15, -0.1) is 0 Å². The third-order valence-corrected chi connectivity index (χ3v) is 4.29. The van der Waals surface area contributed by atoms with Gasteiger partial charge >= 0.3 is 6.03 Å². The van der Waals surface area contributed by atoms with Gasteiger partial charge in [-0.3, -0.25) is 0 Å². The lowest BCUT2D eigenvalue weighted by Crippen LogP contribution is -2.52. The summed E-state index contributed by atoms with van der Waals surface area (Å²) in [7, 11) is 0.